The average Bonchev–Trinajstić information content (AvgIpc) is 2.66. The predicted octanol–water partition coefficient (Wildman–Crippen LogP) is 3.24. The number of carbonyl (C=O) groups is 2. The van der Waals surface area contributed by atoms with Crippen LogP contribution >= 0.6 is 0 Å². The molecule has 1 N–H and O–H groups in total. The molecule has 2 rings (SSSR count). The van der Waals surface area contributed by atoms with E-state index >= 15 is 0 Å². The lowest BCUT2D eigenvalue weighted by Gasteiger charge is -2.34. The Balaban J connectivity index is 1.83. The molecule has 1 aromatic rings. The summed E-state index contributed by atoms with van der Waals surface area (Å²) in [5.74, 6) is -0.0385. The normalized spacial score (nSPS) is 18.4. The van der Waals surface area contributed by atoms with Gasteiger partial charge in [0.1, 0.15) is 11.6 Å². The van der Waals surface area contributed by atoms with Gasteiger partial charge in [-0.05, 0) is 71.9 Å². The first-order valence-electron chi connectivity index (χ1n) is 10.6. The number of ether oxygens (including phenoxy) is 1. The minimum absolute atomic E-state index is 0.0641. The lowest BCUT2D eigenvalue weighted by molar-refractivity contribution is -0.135. The van der Waals surface area contributed by atoms with E-state index in [4.69, 9.17) is 8.92 Å². The maximum Gasteiger partial charge on any atom is 0.408 e. The molecule has 1 heterocycles. The van der Waals surface area contributed by atoms with Crippen LogP contribution in [0.2, 0.25) is 0 Å². The zero-order valence-corrected chi connectivity index (χ0v) is 19.8. The molecule has 31 heavy (non-hydrogen) atoms. The lowest BCUT2D eigenvalue weighted by atomic mass is 9.95. The van der Waals surface area contributed by atoms with E-state index in [9.17, 15) is 18.0 Å². The quantitative estimate of drug-likeness (QED) is 0.635. The van der Waals surface area contributed by atoms with Crippen molar-refractivity contribution in [2.24, 2.45) is 5.92 Å². The van der Waals surface area contributed by atoms with Gasteiger partial charge in [-0.2, -0.15) is 8.42 Å². The standard InChI is InChI=1S/C22H34N2O6S/c1-16-8-10-19(11-9-16)31(27,28)29-14-12-18-7-6-13-24(15-18)20(25)17(2)23-21(26)30-22(3,4)5/h8-11,17-18H,6-7,12-15H2,1-5H3,(H,23,26)/t17-,18+/m1/s1. The number of hydrogen-bond acceptors (Lipinski definition) is 6. The molecule has 8 nitrogen and oxygen atoms in total. The van der Waals surface area contributed by atoms with Gasteiger partial charge in [0.25, 0.3) is 10.1 Å². The Morgan fingerprint density at radius 3 is 2.48 bits per heavy atom. The van der Waals surface area contributed by atoms with Gasteiger partial charge in [-0.25, -0.2) is 4.79 Å². The van der Waals surface area contributed by atoms with Crippen molar-refractivity contribution in [2.45, 2.75) is 70.4 Å². The molecule has 1 aliphatic rings. The van der Waals surface area contributed by atoms with E-state index in [0.717, 1.165) is 18.4 Å². The Morgan fingerprint density at radius 2 is 1.87 bits per heavy atom. The number of hydrogen-bond donors (Lipinski definition) is 1. The minimum Gasteiger partial charge on any atom is -0.444 e. The largest absolute Gasteiger partial charge is 0.444 e. The van der Waals surface area contributed by atoms with Gasteiger partial charge in [0.15, 0.2) is 0 Å². The minimum atomic E-state index is -3.79. The summed E-state index contributed by atoms with van der Waals surface area (Å²) in [6.07, 6.45) is 1.62. The molecule has 1 saturated heterocycles. The Morgan fingerprint density at radius 1 is 1.23 bits per heavy atom. The number of nitrogens with one attached hydrogen (secondary N) is 1. The Labute approximate surface area is 185 Å². The fraction of sp³-hybridized carbons (Fsp3) is 0.636. The number of benzene rings is 1. The van der Waals surface area contributed by atoms with Gasteiger partial charge in [-0.3, -0.25) is 8.98 Å². The van der Waals surface area contributed by atoms with Crippen molar-refractivity contribution in [1.29, 1.82) is 0 Å². The molecule has 9 heteroatoms. The predicted molar refractivity (Wildman–Crippen MR) is 117 cm³/mol. The Bertz CT molecular complexity index is 861. The molecule has 0 spiro atoms. The van der Waals surface area contributed by atoms with Crippen LogP contribution in [-0.4, -0.2) is 56.7 Å². The van der Waals surface area contributed by atoms with E-state index in [-0.39, 0.29) is 23.3 Å². The highest BCUT2D eigenvalue weighted by Gasteiger charge is 2.29. The number of nitrogens with zero attached hydrogens (tertiary/aromatic N) is 1. The second-order valence-electron chi connectivity index (χ2n) is 9.04. The lowest BCUT2D eigenvalue weighted by Crippen LogP contribution is -2.50. The second-order valence-corrected chi connectivity index (χ2v) is 10.7. The fourth-order valence-corrected chi connectivity index (χ4v) is 4.34. The summed E-state index contributed by atoms with van der Waals surface area (Å²) >= 11 is 0. The van der Waals surface area contributed by atoms with Crippen molar-refractivity contribution < 1.29 is 26.9 Å². The third-order valence-corrected chi connectivity index (χ3v) is 6.34. The van der Waals surface area contributed by atoms with Crippen LogP contribution in [0.15, 0.2) is 29.2 Å². The zero-order valence-electron chi connectivity index (χ0n) is 19.0. The van der Waals surface area contributed by atoms with Crippen molar-refractivity contribution in [1.82, 2.24) is 10.2 Å². The third kappa shape index (κ3) is 8.14. The van der Waals surface area contributed by atoms with Gasteiger partial charge >= 0.3 is 6.09 Å². The Kier molecular flexibility index (Phi) is 8.48. The maximum absolute atomic E-state index is 12.7. The van der Waals surface area contributed by atoms with Gasteiger partial charge in [-0.1, -0.05) is 17.7 Å². The van der Waals surface area contributed by atoms with Crippen LogP contribution in [0.5, 0.6) is 0 Å². The Hall–Kier alpha value is -2.13. The molecule has 1 fully saturated rings. The molecule has 0 unspecified atom stereocenters. The smallest absolute Gasteiger partial charge is 0.408 e. The maximum atomic E-state index is 12.7. The van der Waals surface area contributed by atoms with Crippen molar-refractivity contribution in [3.63, 3.8) is 0 Å². The van der Waals surface area contributed by atoms with E-state index in [1.165, 1.54) is 12.1 Å². The summed E-state index contributed by atoms with van der Waals surface area (Å²) in [5, 5.41) is 2.58. The van der Waals surface area contributed by atoms with Gasteiger partial charge in [0.05, 0.1) is 11.5 Å². The van der Waals surface area contributed by atoms with Crippen LogP contribution in [0.4, 0.5) is 4.79 Å². The molecule has 0 aromatic heterocycles. The highest BCUT2D eigenvalue weighted by atomic mass is 32.2. The van der Waals surface area contributed by atoms with Crippen LogP contribution < -0.4 is 5.32 Å². The van der Waals surface area contributed by atoms with Gasteiger partial charge in [-0.15, -0.1) is 0 Å². The topological polar surface area (TPSA) is 102 Å². The van der Waals surface area contributed by atoms with Crippen molar-refractivity contribution in [3.05, 3.63) is 29.8 Å². The summed E-state index contributed by atoms with van der Waals surface area (Å²) < 4.78 is 35.0. The van der Waals surface area contributed by atoms with Gasteiger partial charge in [0, 0.05) is 13.1 Å². The number of rotatable bonds is 7. The number of alkyl carbamates (subject to hydrolysis) is 1. The van der Waals surface area contributed by atoms with E-state index in [0.29, 0.717) is 19.5 Å². The van der Waals surface area contributed by atoms with E-state index < -0.39 is 27.9 Å². The number of likely N-dealkylation sites (tertiary alicyclic amines) is 1. The highest BCUT2D eigenvalue weighted by molar-refractivity contribution is 7.86. The van der Waals surface area contributed by atoms with Crippen molar-refractivity contribution >= 4 is 22.1 Å². The molecule has 0 bridgehead atoms. The monoisotopic (exact) mass is 454 g/mol. The molecule has 0 aliphatic carbocycles. The van der Waals surface area contributed by atoms with Crippen LogP contribution in [-0.2, 0) is 23.8 Å². The fourth-order valence-electron chi connectivity index (χ4n) is 3.42. The first-order chi connectivity index (χ1) is 14.4. The molecule has 1 aromatic carbocycles. The van der Waals surface area contributed by atoms with Crippen LogP contribution in [0.3, 0.4) is 0 Å². The summed E-state index contributed by atoms with van der Waals surface area (Å²) in [6.45, 7) is 9.98. The second kappa shape index (κ2) is 10.5. The number of piperidine rings is 1. The number of carbonyl (C=O) groups excluding carboxylic acids is 2. The van der Waals surface area contributed by atoms with Crippen LogP contribution in [0.1, 0.15) is 52.5 Å². The van der Waals surface area contributed by atoms with E-state index in [1.54, 1.807) is 44.7 Å². The first-order valence-corrected chi connectivity index (χ1v) is 12.0. The summed E-state index contributed by atoms with van der Waals surface area (Å²) in [6, 6.07) is 5.82. The summed E-state index contributed by atoms with van der Waals surface area (Å²) in [5.41, 5.74) is 0.337. The molecule has 0 saturated carbocycles. The zero-order chi connectivity index (χ0) is 23.2. The van der Waals surface area contributed by atoms with Gasteiger partial charge in [0.2, 0.25) is 5.91 Å². The third-order valence-electron chi connectivity index (χ3n) is 5.01. The van der Waals surface area contributed by atoms with Crippen molar-refractivity contribution in [3.8, 4) is 0 Å². The van der Waals surface area contributed by atoms with E-state index in [1.807, 2.05) is 6.92 Å². The average molecular weight is 455 g/mol. The molecule has 1 aliphatic heterocycles. The van der Waals surface area contributed by atoms with Gasteiger partial charge < -0.3 is 15.0 Å². The number of aryl methyl sites for hydroxylation is 1. The molecular formula is C22H34N2O6S. The molecule has 174 valence electrons. The summed E-state index contributed by atoms with van der Waals surface area (Å²) in [7, 11) is -3.79. The number of amides is 2. The highest BCUT2D eigenvalue weighted by Crippen LogP contribution is 2.22. The summed E-state index contributed by atoms with van der Waals surface area (Å²) in [4.78, 5) is 26.5. The molecule has 0 radical (unpaired) electrons. The molecular weight excluding hydrogens is 420 g/mol. The van der Waals surface area contributed by atoms with Crippen LogP contribution in [0.25, 0.3) is 0 Å². The molecule has 2 amide bonds. The molecule has 2 atom stereocenters. The van der Waals surface area contributed by atoms with Crippen LogP contribution in [0, 0.1) is 12.8 Å². The van der Waals surface area contributed by atoms with E-state index in [2.05, 4.69) is 5.32 Å². The van der Waals surface area contributed by atoms with Crippen molar-refractivity contribution in [2.75, 3.05) is 19.7 Å². The first kappa shape index (κ1) is 25.1. The SMILES string of the molecule is Cc1ccc(S(=O)(=O)OCC[C@@H]2CCCN(C(=O)[C@@H](C)NC(=O)OC(C)(C)C)C2)cc1.